The molecule has 1 unspecified atom stereocenters. The van der Waals surface area contributed by atoms with Crippen molar-refractivity contribution >= 4 is 16.1 Å². The van der Waals surface area contributed by atoms with E-state index in [0.29, 0.717) is 24.5 Å². The molecule has 2 rings (SSSR count). The Balaban J connectivity index is 2.06. The number of nitrogens with one attached hydrogen (secondary N) is 2. The SMILES string of the molecule is COc1ccc(CN(Cc2ccc(OC)cc2)S(=O)(=O)CCNC(C)CCNC(=O)O)cc1. The Morgan fingerprint density at radius 3 is 1.85 bits per heavy atom. The lowest BCUT2D eigenvalue weighted by molar-refractivity contribution is 0.194. The Morgan fingerprint density at radius 2 is 1.42 bits per heavy atom. The first-order valence-electron chi connectivity index (χ1n) is 10.7. The number of carboxylic acid groups (broad SMARTS) is 1. The number of hydrogen-bond acceptors (Lipinski definition) is 6. The van der Waals surface area contributed by atoms with Crippen molar-refractivity contribution in [2.24, 2.45) is 0 Å². The van der Waals surface area contributed by atoms with E-state index in [2.05, 4.69) is 10.6 Å². The third kappa shape index (κ3) is 9.29. The van der Waals surface area contributed by atoms with E-state index in [1.165, 1.54) is 4.31 Å². The van der Waals surface area contributed by atoms with Gasteiger partial charge in [-0.1, -0.05) is 24.3 Å². The van der Waals surface area contributed by atoms with Crippen LogP contribution in [0.25, 0.3) is 0 Å². The summed E-state index contributed by atoms with van der Waals surface area (Å²) in [5.74, 6) is 1.34. The van der Waals surface area contributed by atoms with E-state index in [-0.39, 0.29) is 31.4 Å². The Morgan fingerprint density at radius 1 is 0.939 bits per heavy atom. The van der Waals surface area contributed by atoms with E-state index in [4.69, 9.17) is 14.6 Å². The molecule has 33 heavy (non-hydrogen) atoms. The molecule has 0 aliphatic rings. The Hall–Kier alpha value is -2.82. The molecule has 0 radical (unpaired) electrons. The highest BCUT2D eigenvalue weighted by atomic mass is 32.2. The van der Waals surface area contributed by atoms with E-state index in [1.807, 2.05) is 55.5 Å². The molecule has 0 aliphatic heterocycles. The normalized spacial score (nSPS) is 12.4. The van der Waals surface area contributed by atoms with Crippen molar-refractivity contribution in [1.82, 2.24) is 14.9 Å². The summed E-state index contributed by atoms with van der Waals surface area (Å²) in [6, 6.07) is 14.6. The summed E-state index contributed by atoms with van der Waals surface area (Å²) in [5.41, 5.74) is 1.71. The molecule has 9 nitrogen and oxygen atoms in total. The molecule has 0 heterocycles. The Labute approximate surface area is 195 Å². The number of benzene rings is 2. The van der Waals surface area contributed by atoms with Crippen molar-refractivity contribution in [2.75, 3.05) is 33.1 Å². The molecule has 10 heteroatoms. The van der Waals surface area contributed by atoms with Crippen LogP contribution in [0, 0.1) is 0 Å². The molecule has 0 aliphatic carbocycles. The van der Waals surface area contributed by atoms with Gasteiger partial charge in [0.1, 0.15) is 11.5 Å². The largest absolute Gasteiger partial charge is 0.497 e. The molecule has 1 amide bonds. The second kappa shape index (κ2) is 13.0. The van der Waals surface area contributed by atoms with E-state index in [9.17, 15) is 13.2 Å². The summed E-state index contributed by atoms with van der Waals surface area (Å²) in [5, 5.41) is 14.1. The number of ether oxygens (including phenoxy) is 2. The number of amides is 1. The summed E-state index contributed by atoms with van der Waals surface area (Å²) < 4.78 is 38.3. The van der Waals surface area contributed by atoms with Gasteiger partial charge in [0.25, 0.3) is 0 Å². The van der Waals surface area contributed by atoms with Gasteiger partial charge >= 0.3 is 6.09 Å². The fourth-order valence-electron chi connectivity index (χ4n) is 3.18. The molecule has 0 spiro atoms. The highest BCUT2D eigenvalue weighted by Crippen LogP contribution is 2.19. The molecular formula is C23H33N3O6S. The van der Waals surface area contributed by atoms with Crippen molar-refractivity contribution in [3.05, 3.63) is 59.7 Å². The third-order valence-corrected chi connectivity index (χ3v) is 6.90. The lowest BCUT2D eigenvalue weighted by atomic mass is 10.2. The van der Waals surface area contributed by atoms with Gasteiger partial charge in [0.15, 0.2) is 0 Å². The maximum Gasteiger partial charge on any atom is 0.404 e. The minimum Gasteiger partial charge on any atom is -0.497 e. The highest BCUT2D eigenvalue weighted by molar-refractivity contribution is 7.89. The summed E-state index contributed by atoms with van der Waals surface area (Å²) in [6.45, 7) is 2.92. The average Bonchev–Trinajstić information content (AvgIpc) is 2.79. The quantitative estimate of drug-likeness (QED) is 0.381. The molecule has 0 fully saturated rings. The van der Waals surface area contributed by atoms with Crippen LogP contribution in [0.15, 0.2) is 48.5 Å². The van der Waals surface area contributed by atoms with Crippen LogP contribution in [0.1, 0.15) is 24.5 Å². The average molecular weight is 480 g/mol. The molecule has 1 atom stereocenters. The van der Waals surface area contributed by atoms with Crippen LogP contribution in [0.2, 0.25) is 0 Å². The summed E-state index contributed by atoms with van der Waals surface area (Å²) in [4.78, 5) is 10.5. The van der Waals surface area contributed by atoms with Crippen LogP contribution in [0.4, 0.5) is 4.79 Å². The van der Waals surface area contributed by atoms with Crippen molar-refractivity contribution in [2.45, 2.75) is 32.5 Å². The smallest absolute Gasteiger partial charge is 0.404 e. The first-order valence-corrected chi connectivity index (χ1v) is 12.3. The minimum absolute atomic E-state index is 0.0244. The van der Waals surface area contributed by atoms with Gasteiger partial charge in [-0.15, -0.1) is 0 Å². The molecule has 0 aromatic heterocycles. The first kappa shape index (κ1) is 26.4. The fourth-order valence-corrected chi connectivity index (χ4v) is 4.51. The number of sulfonamides is 1. The van der Waals surface area contributed by atoms with Crippen molar-refractivity contribution < 1.29 is 27.8 Å². The number of nitrogens with zero attached hydrogens (tertiary/aromatic N) is 1. The van der Waals surface area contributed by atoms with E-state index in [0.717, 1.165) is 11.1 Å². The maximum absolute atomic E-state index is 13.2. The molecular weight excluding hydrogens is 446 g/mol. The topological polar surface area (TPSA) is 117 Å². The lowest BCUT2D eigenvalue weighted by Crippen LogP contribution is -2.38. The van der Waals surface area contributed by atoms with E-state index < -0.39 is 16.1 Å². The molecule has 0 saturated heterocycles. The molecule has 2 aromatic rings. The summed E-state index contributed by atoms with van der Waals surface area (Å²) >= 11 is 0. The summed E-state index contributed by atoms with van der Waals surface area (Å²) in [6.07, 6.45) is -0.509. The number of hydrogen-bond donors (Lipinski definition) is 3. The zero-order chi connectivity index (χ0) is 24.3. The van der Waals surface area contributed by atoms with Crippen molar-refractivity contribution in [3.63, 3.8) is 0 Å². The zero-order valence-electron chi connectivity index (χ0n) is 19.3. The van der Waals surface area contributed by atoms with Crippen LogP contribution in [-0.2, 0) is 23.1 Å². The molecule has 2 aromatic carbocycles. The van der Waals surface area contributed by atoms with E-state index in [1.54, 1.807) is 14.2 Å². The van der Waals surface area contributed by atoms with Gasteiger partial charge in [0, 0.05) is 32.2 Å². The van der Waals surface area contributed by atoms with Crippen molar-refractivity contribution in [1.29, 1.82) is 0 Å². The molecule has 0 bridgehead atoms. The van der Waals surface area contributed by atoms with Crippen LogP contribution >= 0.6 is 0 Å². The van der Waals surface area contributed by atoms with Crippen molar-refractivity contribution in [3.8, 4) is 11.5 Å². The fraction of sp³-hybridized carbons (Fsp3) is 0.435. The molecule has 0 saturated carbocycles. The predicted octanol–water partition coefficient (Wildman–Crippen LogP) is 2.67. The van der Waals surface area contributed by atoms with Gasteiger partial charge in [0.05, 0.1) is 20.0 Å². The summed E-state index contributed by atoms with van der Waals surface area (Å²) in [7, 11) is -0.412. The monoisotopic (exact) mass is 479 g/mol. The highest BCUT2D eigenvalue weighted by Gasteiger charge is 2.23. The third-order valence-electron chi connectivity index (χ3n) is 5.14. The van der Waals surface area contributed by atoms with Crippen LogP contribution in [0.5, 0.6) is 11.5 Å². The van der Waals surface area contributed by atoms with Crippen LogP contribution in [-0.4, -0.2) is 63.0 Å². The number of carbonyl (C=O) groups is 1. The van der Waals surface area contributed by atoms with Gasteiger partial charge < -0.3 is 25.2 Å². The predicted molar refractivity (Wildman–Crippen MR) is 127 cm³/mol. The Bertz CT molecular complexity index is 915. The second-order valence-electron chi connectivity index (χ2n) is 7.66. The Kier molecular flexibility index (Phi) is 10.4. The van der Waals surface area contributed by atoms with Gasteiger partial charge in [0.2, 0.25) is 10.0 Å². The first-order chi connectivity index (χ1) is 15.7. The van der Waals surface area contributed by atoms with Gasteiger partial charge in [-0.25, -0.2) is 13.2 Å². The minimum atomic E-state index is -3.58. The van der Waals surface area contributed by atoms with Gasteiger partial charge in [-0.3, -0.25) is 0 Å². The second-order valence-corrected chi connectivity index (χ2v) is 9.74. The standard InChI is InChI=1S/C23H33N3O6S/c1-18(12-13-25-23(27)28)24-14-15-33(29,30)26(16-19-4-8-21(31-2)9-5-19)17-20-6-10-22(32-3)11-7-20/h4-11,18,24-25H,12-17H2,1-3H3,(H,27,28). The van der Waals surface area contributed by atoms with Crippen LogP contribution < -0.4 is 20.1 Å². The zero-order valence-corrected chi connectivity index (χ0v) is 20.1. The van der Waals surface area contributed by atoms with Crippen LogP contribution in [0.3, 0.4) is 0 Å². The van der Waals surface area contributed by atoms with Gasteiger partial charge in [-0.2, -0.15) is 4.31 Å². The van der Waals surface area contributed by atoms with E-state index >= 15 is 0 Å². The molecule has 182 valence electrons. The number of rotatable bonds is 14. The number of methoxy groups -OCH3 is 2. The lowest BCUT2D eigenvalue weighted by Gasteiger charge is -2.23. The molecule has 3 N–H and O–H groups in total. The maximum atomic E-state index is 13.2. The van der Waals surface area contributed by atoms with Gasteiger partial charge in [-0.05, 0) is 48.7 Å².